The molecule has 2 heterocycles. The number of amides is 2. The summed E-state index contributed by atoms with van der Waals surface area (Å²) in [6.07, 6.45) is 4.37. The molecule has 2 aliphatic rings. The number of carbonyl (C=O) groups is 3. The van der Waals surface area contributed by atoms with Crippen LogP contribution < -0.4 is 14.8 Å². The van der Waals surface area contributed by atoms with Gasteiger partial charge in [-0.3, -0.25) is 4.79 Å². The highest BCUT2D eigenvalue weighted by atomic mass is 35.5. The van der Waals surface area contributed by atoms with E-state index in [4.69, 9.17) is 25.8 Å². The maximum atomic E-state index is 14.1. The maximum absolute atomic E-state index is 14.1. The van der Waals surface area contributed by atoms with Gasteiger partial charge in [-0.1, -0.05) is 45.4 Å². The van der Waals surface area contributed by atoms with Crippen molar-refractivity contribution in [2.75, 3.05) is 13.7 Å². The lowest BCUT2D eigenvalue weighted by Crippen LogP contribution is -2.57. The number of methoxy groups -OCH3 is 1. The van der Waals surface area contributed by atoms with Crippen LogP contribution in [0, 0.1) is 17.3 Å². The lowest BCUT2D eigenvalue weighted by molar-refractivity contribution is -0.151. The Kier molecular flexibility index (Phi) is 9.97. The molecule has 2 aromatic rings. The number of carboxylic acids is 1. The fourth-order valence-electron chi connectivity index (χ4n) is 6.02. The van der Waals surface area contributed by atoms with Crippen molar-refractivity contribution in [2.45, 2.75) is 90.5 Å². The number of nitrogens with zero attached hydrogens (tertiary/aromatic N) is 3. The third kappa shape index (κ3) is 7.20. The molecule has 44 heavy (non-hydrogen) atoms. The van der Waals surface area contributed by atoms with Crippen molar-refractivity contribution in [2.24, 2.45) is 17.3 Å². The standard InChI is InChI=1S/C32H43ClN4O7/c1-8-10-11-12-18-16-32(18,6)44-30(41)36-25(31(3,4)5)28(38)37-17-23(20(9-2)24(37)29(39)40)43-27-26(33)34-21-14-13-19(42-7)15-22(21)35-27/h8,13-15,18,20,23-25H,1,9-12,16-17H2,2-7H3,(H,36,41)(H,39,40)/t18?,20-,23+,24+,25-,32?/m1/s1. The smallest absolute Gasteiger partial charge is 0.408 e. The van der Waals surface area contributed by atoms with Crippen molar-refractivity contribution in [3.05, 3.63) is 36.0 Å². The van der Waals surface area contributed by atoms with E-state index in [-0.39, 0.29) is 23.5 Å². The van der Waals surface area contributed by atoms with E-state index in [1.807, 2.05) is 40.7 Å². The summed E-state index contributed by atoms with van der Waals surface area (Å²) in [7, 11) is 1.54. The number of halogens is 1. The van der Waals surface area contributed by atoms with E-state index >= 15 is 0 Å². The van der Waals surface area contributed by atoms with Crippen molar-refractivity contribution in [1.29, 1.82) is 0 Å². The predicted octanol–water partition coefficient (Wildman–Crippen LogP) is 5.64. The van der Waals surface area contributed by atoms with E-state index in [1.54, 1.807) is 18.2 Å². The Labute approximate surface area is 263 Å². The molecule has 1 aromatic carbocycles. The van der Waals surface area contributed by atoms with Crippen molar-refractivity contribution in [3.8, 4) is 11.6 Å². The summed E-state index contributed by atoms with van der Waals surface area (Å²) in [5, 5.41) is 13.1. The van der Waals surface area contributed by atoms with E-state index in [2.05, 4.69) is 21.9 Å². The molecule has 1 saturated carbocycles. The number of unbranched alkanes of at least 4 members (excludes halogenated alkanes) is 1. The zero-order valence-electron chi connectivity index (χ0n) is 26.3. The summed E-state index contributed by atoms with van der Waals surface area (Å²) in [6, 6.07) is 2.91. The molecular formula is C32H43ClN4O7. The minimum Gasteiger partial charge on any atom is -0.497 e. The molecular weight excluding hydrogens is 588 g/mol. The van der Waals surface area contributed by atoms with Gasteiger partial charge in [0.05, 0.1) is 24.7 Å². The lowest BCUT2D eigenvalue weighted by Gasteiger charge is -2.35. The number of likely N-dealkylation sites (tertiary alicyclic amines) is 1. The fraction of sp³-hybridized carbons (Fsp3) is 0.594. The number of benzene rings is 1. The van der Waals surface area contributed by atoms with Gasteiger partial charge in [-0.15, -0.1) is 6.58 Å². The third-order valence-electron chi connectivity index (χ3n) is 8.68. The molecule has 1 aliphatic heterocycles. The zero-order valence-corrected chi connectivity index (χ0v) is 27.0. The molecule has 6 atom stereocenters. The van der Waals surface area contributed by atoms with E-state index in [0.717, 1.165) is 25.7 Å². The van der Waals surface area contributed by atoms with Gasteiger partial charge in [-0.2, -0.15) is 0 Å². The number of aliphatic carboxylic acids is 1. The van der Waals surface area contributed by atoms with Crippen molar-refractivity contribution < 1.29 is 33.7 Å². The van der Waals surface area contributed by atoms with Crippen LogP contribution in [0.3, 0.4) is 0 Å². The van der Waals surface area contributed by atoms with Crippen LogP contribution in [0.4, 0.5) is 4.79 Å². The van der Waals surface area contributed by atoms with Crippen molar-refractivity contribution in [1.82, 2.24) is 20.2 Å². The SMILES string of the molecule is C=CCCCC1CC1(C)OC(=O)N[C@H](C(=O)N1C[C@H](Oc2nc3cc(OC)ccc3nc2Cl)[C@@H](CC)[C@H]1C(=O)O)C(C)(C)C. The normalized spacial score (nSPS) is 25.3. The summed E-state index contributed by atoms with van der Waals surface area (Å²) in [5.74, 6) is -1.42. The molecule has 2 unspecified atom stereocenters. The number of alkyl carbamates (subject to hydrolysis) is 1. The van der Waals surface area contributed by atoms with Gasteiger partial charge in [-0.25, -0.2) is 19.6 Å². The number of hydrogen-bond donors (Lipinski definition) is 2. The topological polar surface area (TPSA) is 140 Å². The summed E-state index contributed by atoms with van der Waals surface area (Å²) in [6.45, 7) is 12.9. The minimum atomic E-state index is -1.19. The molecule has 2 amide bonds. The first-order valence-corrected chi connectivity index (χ1v) is 15.4. The Morgan fingerprint density at radius 3 is 2.61 bits per heavy atom. The molecule has 2 N–H and O–H groups in total. The highest BCUT2D eigenvalue weighted by Crippen LogP contribution is 2.49. The van der Waals surface area contributed by atoms with Crippen molar-refractivity contribution >= 4 is 40.6 Å². The second-order valence-electron chi connectivity index (χ2n) is 12.9. The number of ether oxygens (including phenoxy) is 3. The van der Waals surface area contributed by atoms with Crippen LogP contribution in [0.15, 0.2) is 30.9 Å². The summed E-state index contributed by atoms with van der Waals surface area (Å²) in [5.41, 5.74) is -0.319. The van der Waals surface area contributed by atoms with Crippen LogP contribution in [0.5, 0.6) is 11.6 Å². The van der Waals surface area contributed by atoms with Gasteiger partial charge in [0, 0.05) is 17.9 Å². The Morgan fingerprint density at radius 1 is 1.27 bits per heavy atom. The number of hydrogen-bond acceptors (Lipinski definition) is 8. The number of rotatable bonds is 12. The first kappa shape index (κ1) is 33.3. The molecule has 0 radical (unpaired) electrons. The number of carboxylic acid groups (broad SMARTS) is 1. The maximum Gasteiger partial charge on any atom is 0.408 e. The van der Waals surface area contributed by atoms with Gasteiger partial charge in [0.1, 0.15) is 29.5 Å². The van der Waals surface area contributed by atoms with Crippen LogP contribution in [0.25, 0.3) is 11.0 Å². The zero-order chi connectivity index (χ0) is 32.4. The van der Waals surface area contributed by atoms with Crippen LogP contribution >= 0.6 is 11.6 Å². The first-order valence-electron chi connectivity index (χ1n) is 15.0. The molecule has 0 spiro atoms. The molecule has 1 aromatic heterocycles. The Balaban J connectivity index is 1.54. The Bertz CT molecular complexity index is 1410. The second-order valence-corrected chi connectivity index (χ2v) is 13.3. The molecule has 12 heteroatoms. The number of nitrogens with one attached hydrogen (secondary N) is 1. The van der Waals surface area contributed by atoms with E-state index in [9.17, 15) is 19.5 Å². The monoisotopic (exact) mass is 630 g/mol. The van der Waals surface area contributed by atoms with Crippen LogP contribution in [0.1, 0.15) is 66.7 Å². The lowest BCUT2D eigenvalue weighted by atomic mass is 9.85. The third-order valence-corrected chi connectivity index (χ3v) is 8.93. The fourth-order valence-corrected chi connectivity index (χ4v) is 6.20. The average Bonchev–Trinajstić information content (AvgIpc) is 3.43. The number of fused-ring (bicyclic) bond motifs is 1. The molecule has 0 bridgehead atoms. The highest BCUT2D eigenvalue weighted by molar-refractivity contribution is 6.31. The largest absolute Gasteiger partial charge is 0.497 e. The predicted molar refractivity (Wildman–Crippen MR) is 166 cm³/mol. The molecule has 1 saturated heterocycles. The van der Waals surface area contributed by atoms with E-state index in [0.29, 0.717) is 23.2 Å². The van der Waals surface area contributed by atoms with Gasteiger partial charge in [0.2, 0.25) is 5.91 Å². The van der Waals surface area contributed by atoms with Gasteiger partial charge in [-0.05, 0) is 56.6 Å². The number of aromatic nitrogens is 2. The average molecular weight is 631 g/mol. The van der Waals surface area contributed by atoms with Crippen LogP contribution in [-0.4, -0.2) is 75.4 Å². The molecule has 2 fully saturated rings. The van der Waals surface area contributed by atoms with Crippen LogP contribution in [0.2, 0.25) is 5.15 Å². The summed E-state index contributed by atoms with van der Waals surface area (Å²) >= 11 is 6.42. The highest BCUT2D eigenvalue weighted by Gasteiger charge is 2.54. The Hall–Kier alpha value is -3.60. The second kappa shape index (κ2) is 13.2. The van der Waals surface area contributed by atoms with Crippen LogP contribution in [-0.2, 0) is 14.3 Å². The number of carbonyl (C=O) groups excluding carboxylic acids is 2. The summed E-state index contributed by atoms with van der Waals surface area (Å²) < 4.78 is 17.3. The van der Waals surface area contributed by atoms with Crippen molar-refractivity contribution in [3.63, 3.8) is 0 Å². The van der Waals surface area contributed by atoms with E-state index in [1.165, 1.54) is 12.0 Å². The Morgan fingerprint density at radius 2 is 2.00 bits per heavy atom. The molecule has 1 aliphatic carbocycles. The van der Waals surface area contributed by atoms with Gasteiger partial charge in [0.15, 0.2) is 5.15 Å². The van der Waals surface area contributed by atoms with Gasteiger partial charge >= 0.3 is 12.1 Å². The number of allylic oxidation sites excluding steroid dienone is 1. The van der Waals surface area contributed by atoms with E-state index < -0.39 is 53.1 Å². The van der Waals surface area contributed by atoms with Gasteiger partial charge < -0.3 is 29.5 Å². The first-order chi connectivity index (χ1) is 20.7. The van der Waals surface area contributed by atoms with Gasteiger partial charge in [0.25, 0.3) is 5.88 Å². The molecule has 240 valence electrons. The molecule has 11 nitrogen and oxygen atoms in total. The minimum absolute atomic E-state index is 0.0162. The molecule has 4 rings (SSSR count). The quantitative estimate of drug-likeness (QED) is 0.225. The summed E-state index contributed by atoms with van der Waals surface area (Å²) in [4.78, 5) is 49.9.